The Labute approximate surface area is 200 Å². The van der Waals surface area contributed by atoms with Crippen molar-refractivity contribution in [2.45, 2.75) is 39.5 Å². The molecule has 34 heavy (non-hydrogen) atoms. The molecule has 3 rings (SSSR count). The summed E-state index contributed by atoms with van der Waals surface area (Å²) in [7, 11) is 3.38. The standard InChI is InChI=1S/C26H34FN3O4/c1-17-13-30(14-20-7-6-8-21(27)11-20)18(2)16-34-24-10-9-22(28-19(3)31)12-23(24)26(32)29(4)15-25(17)33-5/h6-12,17-18,25H,13-16H2,1-5H3,(H,28,31)/t17-,18-,25-/m1/s1. The second-order valence-electron chi connectivity index (χ2n) is 9.05. The number of benzene rings is 2. The number of methoxy groups -OCH3 is 1. The third-order valence-corrected chi connectivity index (χ3v) is 6.17. The van der Waals surface area contributed by atoms with Crippen LogP contribution in [-0.2, 0) is 16.1 Å². The number of rotatable bonds is 4. The molecule has 7 nitrogen and oxygen atoms in total. The van der Waals surface area contributed by atoms with Gasteiger partial charge in [0.1, 0.15) is 18.2 Å². The van der Waals surface area contributed by atoms with Gasteiger partial charge in [-0.1, -0.05) is 19.1 Å². The molecule has 0 saturated heterocycles. The summed E-state index contributed by atoms with van der Waals surface area (Å²) in [6.45, 7) is 7.54. The molecular weight excluding hydrogens is 437 g/mol. The highest BCUT2D eigenvalue weighted by molar-refractivity contribution is 5.99. The Morgan fingerprint density at radius 3 is 2.65 bits per heavy atom. The van der Waals surface area contributed by atoms with Crippen LogP contribution in [0.4, 0.5) is 10.1 Å². The average Bonchev–Trinajstić information content (AvgIpc) is 2.79. The number of anilines is 1. The first-order valence-corrected chi connectivity index (χ1v) is 11.5. The maximum absolute atomic E-state index is 13.8. The molecule has 1 aliphatic heterocycles. The Morgan fingerprint density at radius 1 is 1.21 bits per heavy atom. The predicted molar refractivity (Wildman–Crippen MR) is 129 cm³/mol. The van der Waals surface area contributed by atoms with E-state index in [1.165, 1.54) is 13.0 Å². The minimum Gasteiger partial charge on any atom is -0.491 e. The predicted octanol–water partition coefficient (Wildman–Crippen LogP) is 3.79. The van der Waals surface area contributed by atoms with Gasteiger partial charge in [-0.15, -0.1) is 0 Å². The lowest BCUT2D eigenvalue weighted by Gasteiger charge is -2.36. The quantitative estimate of drug-likeness (QED) is 0.735. The van der Waals surface area contributed by atoms with Gasteiger partial charge in [0.15, 0.2) is 0 Å². The van der Waals surface area contributed by atoms with E-state index in [4.69, 9.17) is 9.47 Å². The van der Waals surface area contributed by atoms with E-state index in [0.717, 1.165) is 5.56 Å². The maximum atomic E-state index is 13.8. The number of hydrogen-bond donors (Lipinski definition) is 1. The third-order valence-electron chi connectivity index (χ3n) is 6.17. The molecule has 0 fully saturated rings. The molecule has 0 spiro atoms. The summed E-state index contributed by atoms with van der Waals surface area (Å²) in [5.41, 5.74) is 1.79. The van der Waals surface area contributed by atoms with Gasteiger partial charge in [0, 0.05) is 52.4 Å². The van der Waals surface area contributed by atoms with Gasteiger partial charge < -0.3 is 19.7 Å². The van der Waals surface area contributed by atoms with Crippen molar-refractivity contribution >= 4 is 17.5 Å². The van der Waals surface area contributed by atoms with Gasteiger partial charge >= 0.3 is 0 Å². The monoisotopic (exact) mass is 471 g/mol. The third kappa shape index (κ3) is 6.55. The highest BCUT2D eigenvalue weighted by Crippen LogP contribution is 2.27. The van der Waals surface area contributed by atoms with Gasteiger partial charge in [0.25, 0.3) is 5.91 Å². The minimum atomic E-state index is -0.261. The topological polar surface area (TPSA) is 71.1 Å². The summed E-state index contributed by atoms with van der Waals surface area (Å²) in [5.74, 6) is -0.138. The highest BCUT2D eigenvalue weighted by Gasteiger charge is 2.28. The van der Waals surface area contributed by atoms with Crippen molar-refractivity contribution < 1.29 is 23.5 Å². The first kappa shape index (κ1) is 25.6. The van der Waals surface area contributed by atoms with Crippen LogP contribution in [0.2, 0.25) is 0 Å². The highest BCUT2D eigenvalue weighted by atomic mass is 19.1. The maximum Gasteiger partial charge on any atom is 0.257 e. The van der Waals surface area contributed by atoms with Crippen molar-refractivity contribution in [3.63, 3.8) is 0 Å². The molecule has 0 bridgehead atoms. The Balaban J connectivity index is 1.94. The second-order valence-corrected chi connectivity index (χ2v) is 9.05. The van der Waals surface area contributed by atoms with Gasteiger partial charge in [-0.3, -0.25) is 14.5 Å². The molecule has 2 amide bonds. The number of fused-ring (bicyclic) bond motifs is 1. The zero-order valence-electron chi connectivity index (χ0n) is 20.5. The van der Waals surface area contributed by atoms with Crippen LogP contribution in [0.15, 0.2) is 42.5 Å². The summed E-state index contributed by atoms with van der Waals surface area (Å²) in [6, 6.07) is 11.7. The molecule has 1 heterocycles. The van der Waals surface area contributed by atoms with Crippen LogP contribution < -0.4 is 10.1 Å². The van der Waals surface area contributed by atoms with Crippen LogP contribution in [-0.4, -0.2) is 67.6 Å². The van der Waals surface area contributed by atoms with Gasteiger partial charge in [0.05, 0.1) is 11.7 Å². The second kappa shape index (κ2) is 11.4. The lowest BCUT2D eigenvalue weighted by atomic mass is 10.0. The zero-order chi connectivity index (χ0) is 24.8. The van der Waals surface area contributed by atoms with Crippen LogP contribution in [0, 0.1) is 11.7 Å². The fourth-order valence-electron chi connectivity index (χ4n) is 4.22. The lowest BCUT2D eigenvalue weighted by Crippen LogP contribution is -2.46. The van der Waals surface area contributed by atoms with Gasteiger partial charge in [0.2, 0.25) is 5.91 Å². The SMILES string of the molecule is CO[C@@H]1CN(C)C(=O)c2cc(NC(C)=O)ccc2OC[C@@H](C)N(Cc2cccc(F)c2)C[C@H]1C. The van der Waals surface area contributed by atoms with Crippen molar-refractivity contribution in [3.05, 3.63) is 59.4 Å². The van der Waals surface area contributed by atoms with Crippen LogP contribution in [0.3, 0.4) is 0 Å². The smallest absolute Gasteiger partial charge is 0.257 e. The van der Waals surface area contributed by atoms with E-state index in [1.807, 2.05) is 6.07 Å². The molecular formula is C26H34FN3O4. The Kier molecular flexibility index (Phi) is 8.63. The van der Waals surface area contributed by atoms with E-state index in [9.17, 15) is 14.0 Å². The normalized spacial score (nSPS) is 22.2. The van der Waals surface area contributed by atoms with Gasteiger partial charge in [-0.2, -0.15) is 0 Å². The number of carbonyl (C=O) groups excluding carboxylic acids is 2. The van der Waals surface area contributed by atoms with E-state index in [1.54, 1.807) is 49.4 Å². The van der Waals surface area contributed by atoms with Crippen LogP contribution in [0.1, 0.15) is 36.7 Å². The van der Waals surface area contributed by atoms with Crippen molar-refractivity contribution in [1.82, 2.24) is 9.80 Å². The number of ether oxygens (including phenoxy) is 2. The fourth-order valence-corrected chi connectivity index (χ4v) is 4.22. The molecule has 0 unspecified atom stereocenters. The van der Waals surface area contributed by atoms with E-state index in [-0.39, 0.29) is 35.7 Å². The van der Waals surface area contributed by atoms with E-state index < -0.39 is 0 Å². The van der Waals surface area contributed by atoms with Crippen LogP contribution >= 0.6 is 0 Å². The van der Waals surface area contributed by atoms with Gasteiger partial charge in [-0.05, 0) is 48.7 Å². The summed E-state index contributed by atoms with van der Waals surface area (Å²) in [5, 5.41) is 2.72. The molecule has 0 radical (unpaired) electrons. The number of halogens is 1. The molecule has 8 heteroatoms. The molecule has 1 aliphatic rings. The lowest BCUT2D eigenvalue weighted by molar-refractivity contribution is -0.114. The zero-order valence-corrected chi connectivity index (χ0v) is 20.5. The van der Waals surface area contributed by atoms with Gasteiger partial charge in [-0.25, -0.2) is 4.39 Å². The largest absolute Gasteiger partial charge is 0.491 e. The minimum absolute atomic E-state index is 0.0154. The number of amides is 2. The summed E-state index contributed by atoms with van der Waals surface area (Å²) < 4.78 is 25.7. The number of likely N-dealkylation sites (N-methyl/N-ethyl adjacent to an activating group) is 1. The molecule has 3 atom stereocenters. The molecule has 0 aliphatic carbocycles. The van der Waals surface area contributed by atoms with Crippen molar-refractivity contribution in [2.75, 3.05) is 39.2 Å². The summed E-state index contributed by atoms with van der Waals surface area (Å²) in [6.07, 6.45) is -0.196. The van der Waals surface area contributed by atoms with Crippen LogP contribution in [0.5, 0.6) is 5.75 Å². The number of nitrogens with zero attached hydrogens (tertiary/aromatic N) is 2. The van der Waals surface area contributed by atoms with Crippen molar-refractivity contribution in [1.29, 1.82) is 0 Å². The first-order valence-electron chi connectivity index (χ1n) is 11.5. The van der Waals surface area contributed by atoms with Crippen molar-refractivity contribution in [2.24, 2.45) is 5.92 Å². The Morgan fingerprint density at radius 2 is 1.97 bits per heavy atom. The number of nitrogens with one attached hydrogen (secondary N) is 1. The Bertz CT molecular complexity index is 1020. The molecule has 0 saturated carbocycles. The molecule has 2 aromatic rings. The number of carbonyl (C=O) groups is 2. The average molecular weight is 472 g/mol. The Hall–Kier alpha value is -2.97. The molecule has 2 aromatic carbocycles. The molecule has 0 aromatic heterocycles. The van der Waals surface area contributed by atoms with E-state index >= 15 is 0 Å². The molecule has 1 N–H and O–H groups in total. The fraction of sp³-hybridized carbons (Fsp3) is 0.462. The summed E-state index contributed by atoms with van der Waals surface area (Å²) >= 11 is 0. The first-order chi connectivity index (χ1) is 16.2. The summed E-state index contributed by atoms with van der Waals surface area (Å²) in [4.78, 5) is 28.7. The van der Waals surface area contributed by atoms with Crippen molar-refractivity contribution in [3.8, 4) is 5.75 Å². The number of hydrogen-bond acceptors (Lipinski definition) is 5. The van der Waals surface area contributed by atoms with Crippen LogP contribution in [0.25, 0.3) is 0 Å². The van der Waals surface area contributed by atoms with E-state index in [0.29, 0.717) is 43.2 Å². The molecule has 184 valence electrons. The van der Waals surface area contributed by atoms with E-state index in [2.05, 4.69) is 24.1 Å².